The summed E-state index contributed by atoms with van der Waals surface area (Å²) in [5.74, 6) is 2.16. The molecule has 5 heteroatoms. The largest absolute Gasteiger partial charge is 0.493 e. The first-order chi connectivity index (χ1) is 15.0. The molecule has 0 aromatic heterocycles. The van der Waals surface area contributed by atoms with Gasteiger partial charge >= 0.3 is 5.97 Å². The molecular formula is C26H31NO4. The molecule has 2 aliphatic rings. The number of fused-ring (bicyclic) bond motifs is 1. The Bertz CT molecular complexity index is 982. The number of rotatable bonds is 6. The van der Waals surface area contributed by atoms with Crippen molar-refractivity contribution in [2.24, 2.45) is 5.92 Å². The Labute approximate surface area is 184 Å². The molecule has 0 saturated carbocycles. The Balaban J connectivity index is 1.64. The number of piperidine rings is 1. The molecule has 0 N–H and O–H groups in total. The summed E-state index contributed by atoms with van der Waals surface area (Å²) in [6.45, 7) is 2.50. The van der Waals surface area contributed by atoms with Crippen LogP contribution >= 0.6 is 0 Å². The molecule has 0 amide bonds. The number of esters is 1. The van der Waals surface area contributed by atoms with E-state index in [9.17, 15) is 4.79 Å². The molecule has 0 radical (unpaired) electrons. The Morgan fingerprint density at radius 2 is 1.81 bits per heavy atom. The maximum absolute atomic E-state index is 12.0. The number of hydrogen-bond donors (Lipinski definition) is 0. The molecule has 1 aliphatic carbocycles. The predicted molar refractivity (Wildman–Crippen MR) is 121 cm³/mol. The van der Waals surface area contributed by atoms with E-state index < -0.39 is 0 Å². The van der Waals surface area contributed by atoms with Crippen molar-refractivity contribution >= 4 is 11.7 Å². The van der Waals surface area contributed by atoms with Crippen LogP contribution in [-0.4, -0.2) is 44.7 Å². The van der Waals surface area contributed by atoms with E-state index in [0.29, 0.717) is 23.5 Å². The average Bonchev–Trinajstić information content (AvgIpc) is 3.11. The first-order valence-electron chi connectivity index (χ1n) is 10.9. The van der Waals surface area contributed by atoms with E-state index in [-0.39, 0.29) is 5.97 Å². The minimum atomic E-state index is -0.288. The lowest BCUT2D eigenvalue weighted by molar-refractivity contribution is -0.134. The predicted octanol–water partition coefficient (Wildman–Crippen LogP) is 4.49. The Kier molecular flexibility index (Phi) is 6.33. The van der Waals surface area contributed by atoms with Gasteiger partial charge in [-0.05, 0) is 74.0 Å². The lowest BCUT2D eigenvalue weighted by Crippen LogP contribution is -2.41. The SMILES string of the molecule is COc1cc2c(cc1OC)C(OC(C)=O)=C(C1CCN(C)C(Cc3ccccc3)C1)C2. The maximum atomic E-state index is 12.0. The topological polar surface area (TPSA) is 48.0 Å². The van der Waals surface area contributed by atoms with Crippen LogP contribution in [0.3, 0.4) is 0 Å². The number of benzene rings is 2. The van der Waals surface area contributed by atoms with Gasteiger partial charge < -0.3 is 19.1 Å². The number of hydrogen-bond acceptors (Lipinski definition) is 5. The zero-order valence-corrected chi connectivity index (χ0v) is 18.8. The van der Waals surface area contributed by atoms with Gasteiger partial charge in [0.25, 0.3) is 0 Å². The van der Waals surface area contributed by atoms with Crippen molar-refractivity contribution in [1.82, 2.24) is 4.90 Å². The van der Waals surface area contributed by atoms with Gasteiger partial charge in [0.15, 0.2) is 11.5 Å². The Morgan fingerprint density at radius 1 is 1.10 bits per heavy atom. The van der Waals surface area contributed by atoms with Gasteiger partial charge in [-0.3, -0.25) is 4.79 Å². The van der Waals surface area contributed by atoms with Gasteiger partial charge in [0, 0.05) is 18.5 Å². The van der Waals surface area contributed by atoms with Crippen LogP contribution in [0.1, 0.15) is 36.5 Å². The highest BCUT2D eigenvalue weighted by molar-refractivity contribution is 5.82. The van der Waals surface area contributed by atoms with Crippen LogP contribution in [0.25, 0.3) is 5.76 Å². The van der Waals surface area contributed by atoms with Crippen LogP contribution < -0.4 is 9.47 Å². The van der Waals surface area contributed by atoms with E-state index in [0.717, 1.165) is 49.1 Å². The second-order valence-electron chi connectivity index (χ2n) is 8.53. The third-order valence-electron chi connectivity index (χ3n) is 6.59. The summed E-state index contributed by atoms with van der Waals surface area (Å²) in [7, 11) is 5.48. The normalized spacial score (nSPS) is 21.0. The van der Waals surface area contributed by atoms with Crippen molar-refractivity contribution in [2.75, 3.05) is 27.8 Å². The molecule has 1 saturated heterocycles. The van der Waals surface area contributed by atoms with Crippen molar-refractivity contribution in [3.8, 4) is 11.5 Å². The molecule has 4 rings (SSSR count). The van der Waals surface area contributed by atoms with Gasteiger partial charge in [0.1, 0.15) is 5.76 Å². The second kappa shape index (κ2) is 9.15. The third kappa shape index (κ3) is 4.47. The van der Waals surface area contributed by atoms with E-state index >= 15 is 0 Å². The van der Waals surface area contributed by atoms with Gasteiger partial charge in [-0.1, -0.05) is 30.3 Å². The minimum Gasteiger partial charge on any atom is -0.493 e. The summed E-state index contributed by atoms with van der Waals surface area (Å²) in [6, 6.07) is 15.1. The highest BCUT2D eigenvalue weighted by Gasteiger charge is 2.35. The molecular weight excluding hydrogens is 390 g/mol. The molecule has 2 atom stereocenters. The summed E-state index contributed by atoms with van der Waals surface area (Å²) in [6.07, 6.45) is 3.92. The Morgan fingerprint density at radius 3 is 2.48 bits per heavy atom. The van der Waals surface area contributed by atoms with Crippen molar-refractivity contribution < 1.29 is 19.0 Å². The zero-order chi connectivity index (χ0) is 22.0. The zero-order valence-electron chi connectivity index (χ0n) is 18.8. The number of carbonyl (C=O) groups excluding carboxylic acids is 1. The highest BCUT2D eigenvalue weighted by Crippen LogP contribution is 2.45. The highest BCUT2D eigenvalue weighted by atomic mass is 16.5. The lowest BCUT2D eigenvalue weighted by Gasteiger charge is -2.38. The number of ether oxygens (including phenoxy) is 3. The monoisotopic (exact) mass is 421 g/mol. The lowest BCUT2D eigenvalue weighted by atomic mass is 9.82. The number of likely N-dealkylation sites (N-methyl/N-ethyl adjacent to an activating group) is 1. The van der Waals surface area contributed by atoms with Gasteiger partial charge in [0.05, 0.1) is 14.2 Å². The minimum absolute atomic E-state index is 0.288. The van der Waals surface area contributed by atoms with Crippen molar-refractivity contribution in [3.05, 3.63) is 64.7 Å². The van der Waals surface area contributed by atoms with Crippen molar-refractivity contribution in [2.45, 2.75) is 38.6 Å². The van der Waals surface area contributed by atoms with E-state index in [2.05, 4.69) is 42.3 Å². The van der Waals surface area contributed by atoms with Crippen LogP contribution in [-0.2, 0) is 22.4 Å². The molecule has 2 aromatic rings. The van der Waals surface area contributed by atoms with E-state index in [1.807, 2.05) is 12.1 Å². The van der Waals surface area contributed by atoms with Crippen LogP contribution in [0.5, 0.6) is 11.5 Å². The molecule has 0 spiro atoms. The number of allylic oxidation sites excluding steroid dienone is 1. The fraction of sp³-hybridized carbons (Fsp3) is 0.423. The standard InChI is InChI=1S/C26H31NO4/c1-17(28)31-26-22(14-20-15-24(29-3)25(30-4)16-23(20)26)19-10-11-27(2)21(13-19)12-18-8-6-5-7-9-18/h5-9,15-16,19,21H,10-14H2,1-4H3. The summed E-state index contributed by atoms with van der Waals surface area (Å²) in [5.41, 5.74) is 4.66. The number of methoxy groups -OCH3 is 2. The summed E-state index contributed by atoms with van der Waals surface area (Å²) >= 11 is 0. The quantitative estimate of drug-likeness (QED) is 0.644. The molecule has 2 unspecified atom stereocenters. The maximum Gasteiger partial charge on any atom is 0.308 e. The van der Waals surface area contributed by atoms with Crippen LogP contribution in [0.2, 0.25) is 0 Å². The van der Waals surface area contributed by atoms with Crippen molar-refractivity contribution in [1.29, 1.82) is 0 Å². The number of carbonyl (C=O) groups is 1. The van der Waals surface area contributed by atoms with Gasteiger partial charge in [-0.2, -0.15) is 0 Å². The fourth-order valence-corrected chi connectivity index (χ4v) is 4.94. The summed E-state index contributed by atoms with van der Waals surface area (Å²) < 4.78 is 16.8. The van der Waals surface area contributed by atoms with Crippen LogP contribution in [0.15, 0.2) is 48.0 Å². The fourth-order valence-electron chi connectivity index (χ4n) is 4.94. The third-order valence-corrected chi connectivity index (χ3v) is 6.59. The Hall–Kier alpha value is -2.79. The molecule has 164 valence electrons. The average molecular weight is 422 g/mol. The molecule has 1 aliphatic heterocycles. The molecule has 31 heavy (non-hydrogen) atoms. The van der Waals surface area contributed by atoms with Gasteiger partial charge in [0.2, 0.25) is 0 Å². The molecule has 5 nitrogen and oxygen atoms in total. The van der Waals surface area contributed by atoms with Crippen LogP contribution in [0.4, 0.5) is 0 Å². The first kappa shape index (κ1) is 21.4. The molecule has 1 fully saturated rings. The number of likely N-dealkylation sites (tertiary alicyclic amines) is 1. The smallest absolute Gasteiger partial charge is 0.308 e. The first-order valence-corrected chi connectivity index (χ1v) is 10.9. The van der Waals surface area contributed by atoms with Gasteiger partial charge in [-0.15, -0.1) is 0 Å². The van der Waals surface area contributed by atoms with Crippen LogP contribution in [0, 0.1) is 5.92 Å². The van der Waals surface area contributed by atoms with Gasteiger partial charge in [-0.25, -0.2) is 0 Å². The summed E-state index contributed by atoms with van der Waals surface area (Å²) in [5, 5.41) is 0. The molecule has 1 heterocycles. The van der Waals surface area contributed by atoms with Crippen molar-refractivity contribution in [3.63, 3.8) is 0 Å². The summed E-state index contributed by atoms with van der Waals surface area (Å²) in [4.78, 5) is 14.4. The van der Waals surface area contributed by atoms with E-state index in [1.165, 1.54) is 18.1 Å². The second-order valence-corrected chi connectivity index (χ2v) is 8.53. The molecule has 0 bridgehead atoms. The van der Waals surface area contributed by atoms with E-state index in [1.54, 1.807) is 14.2 Å². The molecule has 2 aromatic carbocycles. The number of nitrogens with zero attached hydrogens (tertiary/aromatic N) is 1. The van der Waals surface area contributed by atoms with E-state index in [4.69, 9.17) is 14.2 Å².